The smallest absolute Gasteiger partial charge is 0.410 e. The number of anilines is 1. The number of terminal acetylenes is 1. The molecule has 100 valence electrons. The molecule has 20 heavy (non-hydrogen) atoms. The van der Waals surface area contributed by atoms with E-state index in [4.69, 9.17) is 11.2 Å². The van der Waals surface area contributed by atoms with E-state index in [2.05, 4.69) is 16.2 Å². The van der Waals surface area contributed by atoms with E-state index in [1.54, 1.807) is 24.3 Å². The number of aromatic nitrogens is 1. The third-order valence-corrected chi connectivity index (χ3v) is 3.21. The number of hydrogen-bond donors (Lipinski definition) is 1. The minimum atomic E-state index is -0.597. The van der Waals surface area contributed by atoms with Crippen molar-refractivity contribution in [2.75, 3.05) is 5.32 Å². The summed E-state index contributed by atoms with van der Waals surface area (Å²) in [6.45, 7) is 1.89. The van der Waals surface area contributed by atoms with Gasteiger partial charge >= 0.3 is 6.09 Å². The highest BCUT2D eigenvalue weighted by molar-refractivity contribution is 7.16. The van der Waals surface area contributed by atoms with Crippen molar-refractivity contribution in [1.82, 2.24) is 4.98 Å². The lowest BCUT2D eigenvalue weighted by Gasteiger charge is -2.03. The lowest BCUT2D eigenvalue weighted by Crippen LogP contribution is -2.16. The van der Waals surface area contributed by atoms with Crippen LogP contribution in [0.3, 0.4) is 0 Å². The van der Waals surface area contributed by atoms with Crippen LogP contribution in [-0.2, 0) is 0 Å². The lowest BCUT2D eigenvalue weighted by atomic mass is 10.3. The third-order valence-electron chi connectivity index (χ3n) is 2.27. The third kappa shape index (κ3) is 3.46. The largest absolute Gasteiger partial charge is 0.418 e. The molecule has 0 fully saturated rings. The summed E-state index contributed by atoms with van der Waals surface area (Å²) in [6, 6.07) is 8.80. The molecule has 0 aliphatic rings. The van der Waals surface area contributed by atoms with Gasteiger partial charge in [0.05, 0.1) is 4.88 Å². The second-order valence-electron chi connectivity index (χ2n) is 3.70. The van der Waals surface area contributed by atoms with Gasteiger partial charge in [0.1, 0.15) is 11.4 Å². The summed E-state index contributed by atoms with van der Waals surface area (Å²) in [5, 5.41) is 2.97. The molecule has 2 rings (SSSR count). The molecule has 5 heteroatoms. The molecular formula is C15H12N2O2S. The summed E-state index contributed by atoms with van der Waals surface area (Å²) < 4.78 is 5.11. The predicted octanol–water partition coefficient (Wildman–Crippen LogP) is 3.77. The molecule has 2 aromatic rings. The number of thiazole rings is 1. The van der Waals surface area contributed by atoms with Crippen molar-refractivity contribution in [3.63, 3.8) is 0 Å². The molecule has 0 unspecified atom stereocenters. The Balaban J connectivity index is 2.07. The average molecular weight is 284 g/mol. The van der Waals surface area contributed by atoms with Gasteiger partial charge in [-0.05, 0) is 31.1 Å². The van der Waals surface area contributed by atoms with Crippen molar-refractivity contribution in [2.45, 2.75) is 6.92 Å². The molecule has 0 radical (unpaired) electrons. The van der Waals surface area contributed by atoms with Crippen LogP contribution >= 0.6 is 11.3 Å². The maximum atomic E-state index is 11.7. The fourth-order valence-electron chi connectivity index (χ4n) is 1.46. The summed E-state index contributed by atoms with van der Waals surface area (Å²) in [7, 11) is 0. The maximum Gasteiger partial charge on any atom is 0.418 e. The van der Waals surface area contributed by atoms with Crippen molar-refractivity contribution >= 4 is 28.6 Å². The van der Waals surface area contributed by atoms with E-state index in [9.17, 15) is 4.79 Å². The molecule has 0 bridgehead atoms. The lowest BCUT2D eigenvalue weighted by molar-refractivity contribution is 0.215. The molecule has 1 amide bonds. The number of ether oxygens (including phenoxy) is 1. The Bertz CT molecular complexity index is 669. The summed E-state index contributed by atoms with van der Waals surface area (Å²) in [4.78, 5) is 16.7. The van der Waals surface area contributed by atoms with Crippen LogP contribution in [0.5, 0.6) is 5.75 Å². The highest BCUT2D eigenvalue weighted by Crippen LogP contribution is 2.24. The van der Waals surface area contributed by atoms with Crippen molar-refractivity contribution in [3.8, 4) is 18.1 Å². The van der Waals surface area contributed by atoms with Crippen LogP contribution in [0.2, 0.25) is 0 Å². The maximum absolute atomic E-state index is 11.7. The molecule has 4 nitrogen and oxygen atoms in total. The highest BCUT2D eigenvalue weighted by atomic mass is 32.1. The number of hydrogen-bond acceptors (Lipinski definition) is 4. The Morgan fingerprint density at radius 3 is 2.85 bits per heavy atom. The Kier molecular flexibility index (Phi) is 4.53. The van der Waals surface area contributed by atoms with Gasteiger partial charge in [-0.2, -0.15) is 0 Å². The number of carbonyl (C=O) groups excluding carboxylic acids is 1. The second-order valence-corrected chi connectivity index (χ2v) is 4.73. The van der Waals surface area contributed by atoms with Crippen LogP contribution < -0.4 is 10.1 Å². The van der Waals surface area contributed by atoms with Crippen molar-refractivity contribution in [1.29, 1.82) is 0 Å². The molecular weight excluding hydrogens is 272 g/mol. The monoisotopic (exact) mass is 284 g/mol. The van der Waals surface area contributed by atoms with E-state index in [1.807, 2.05) is 25.1 Å². The fourth-order valence-corrected chi connectivity index (χ4v) is 2.35. The molecule has 0 aliphatic carbocycles. The van der Waals surface area contributed by atoms with Crippen LogP contribution in [-0.4, -0.2) is 11.1 Å². The van der Waals surface area contributed by atoms with E-state index in [0.29, 0.717) is 16.6 Å². The first kappa shape index (κ1) is 13.8. The Hall–Kier alpha value is -2.58. The number of allylic oxidation sites excluding steroid dienone is 1. The molecule has 0 saturated carbocycles. The summed E-state index contributed by atoms with van der Waals surface area (Å²) in [6.07, 6.45) is 8.48. The van der Waals surface area contributed by atoms with Gasteiger partial charge in [0.15, 0.2) is 5.13 Å². The van der Waals surface area contributed by atoms with Gasteiger partial charge in [-0.3, -0.25) is 5.32 Å². The minimum Gasteiger partial charge on any atom is -0.410 e. The summed E-state index contributed by atoms with van der Waals surface area (Å²) >= 11 is 1.30. The molecule has 1 aromatic carbocycles. The summed E-state index contributed by atoms with van der Waals surface area (Å²) in [5.74, 6) is 2.94. The van der Waals surface area contributed by atoms with E-state index < -0.39 is 6.09 Å². The SMILES string of the molecule is C#Cc1nc(NC(=O)Oc2ccccc2)sc1/C=C\C. The number of benzene rings is 1. The Morgan fingerprint density at radius 2 is 2.20 bits per heavy atom. The van der Waals surface area contributed by atoms with Crippen molar-refractivity contribution < 1.29 is 9.53 Å². The van der Waals surface area contributed by atoms with Gasteiger partial charge in [-0.1, -0.05) is 35.6 Å². The molecule has 0 atom stereocenters. The molecule has 1 N–H and O–H groups in total. The molecule has 1 aromatic heterocycles. The van der Waals surface area contributed by atoms with Crippen LogP contribution in [0.4, 0.5) is 9.93 Å². The molecule has 0 aliphatic heterocycles. The quantitative estimate of drug-likeness (QED) is 0.873. The Labute approximate surface area is 121 Å². The molecule has 1 heterocycles. The number of carbonyl (C=O) groups is 1. The number of nitrogens with one attached hydrogen (secondary N) is 1. The van der Waals surface area contributed by atoms with Crippen molar-refractivity contribution in [2.24, 2.45) is 0 Å². The van der Waals surface area contributed by atoms with Crippen LogP contribution in [0, 0.1) is 12.3 Å². The van der Waals surface area contributed by atoms with E-state index in [-0.39, 0.29) is 0 Å². The first-order valence-electron chi connectivity index (χ1n) is 5.87. The number of para-hydroxylation sites is 1. The zero-order valence-electron chi connectivity index (χ0n) is 10.8. The fraction of sp³-hybridized carbons (Fsp3) is 0.0667. The number of rotatable bonds is 3. The first-order valence-corrected chi connectivity index (χ1v) is 6.68. The normalized spacial score (nSPS) is 10.2. The topological polar surface area (TPSA) is 51.2 Å². The van der Waals surface area contributed by atoms with Crippen LogP contribution in [0.25, 0.3) is 6.08 Å². The minimum absolute atomic E-state index is 0.409. The van der Waals surface area contributed by atoms with Gasteiger partial charge in [-0.15, -0.1) is 6.42 Å². The van der Waals surface area contributed by atoms with Gasteiger partial charge < -0.3 is 4.74 Å². The Morgan fingerprint density at radius 1 is 1.45 bits per heavy atom. The zero-order valence-corrected chi connectivity index (χ0v) is 11.6. The number of amides is 1. The van der Waals surface area contributed by atoms with Gasteiger partial charge in [0.2, 0.25) is 0 Å². The van der Waals surface area contributed by atoms with Crippen LogP contribution in [0.15, 0.2) is 36.4 Å². The molecule has 0 saturated heterocycles. The average Bonchev–Trinajstić information content (AvgIpc) is 2.82. The predicted molar refractivity (Wildman–Crippen MR) is 80.8 cm³/mol. The highest BCUT2D eigenvalue weighted by Gasteiger charge is 2.11. The molecule has 0 spiro atoms. The van der Waals surface area contributed by atoms with Gasteiger partial charge in [0, 0.05) is 0 Å². The zero-order chi connectivity index (χ0) is 14.4. The van der Waals surface area contributed by atoms with Crippen molar-refractivity contribution in [3.05, 3.63) is 47.0 Å². The second kappa shape index (κ2) is 6.55. The number of nitrogens with zero attached hydrogens (tertiary/aromatic N) is 1. The van der Waals surface area contributed by atoms with E-state index >= 15 is 0 Å². The summed E-state index contributed by atoms with van der Waals surface area (Å²) in [5.41, 5.74) is 0.503. The van der Waals surface area contributed by atoms with E-state index in [0.717, 1.165) is 4.88 Å². The first-order chi connectivity index (χ1) is 9.72. The van der Waals surface area contributed by atoms with Crippen LogP contribution in [0.1, 0.15) is 17.5 Å². The van der Waals surface area contributed by atoms with E-state index in [1.165, 1.54) is 11.3 Å². The van der Waals surface area contributed by atoms with Gasteiger partial charge in [0.25, 0.3) is 0 Å². The van der Waals surface area contributed by atoms with Gasteiger partial charge in [-0.25, -0.2) is 9.78 Å². The standard InChI is InChI=1S/C15H12N2O2S/c1-3-8-13-12(4-2)16-14(20-13)17-15(18)19-11-9-6-5-7-10-11/h2-3,5-10H,1H3,(H,16,17,18)/b8-3-.